The summed E-state index contributed by atoms with van der Waals surface area (Å²) >= 11 is 5.97. The zero-order valence-corrected chi connectivity index (χ0v) is 20.9. The lowest BCUT2D eigenvalue weighted by atomic mass is 10.1. The van der Waals surface area contributed by atoms with E-state index in [1.807, 2.05) is 31.2 Å². The summed E-state index contributed by atoms with van der Waals surface area (Å²) in [6.45, 7) is 4.15. The van der Waals surface area contributed by atoms with Gasteiger partial charge in [-0.15, -0.1) is 0 Å². The fraction of sp³-hybridized carbons (Fsp3) is 0.269. The number of carbonyl (C=O) groups excluding carboxylic acids is 1. The summed E-state index contributed by atoms with van der Waals surface area (Å²) in [5.41, 5.74) is 2.54. The van der Waals surface area contributed by atoms with Crippen molar-refractivity contribution in [2.45, 2.75) is 31.6 Å². The minimum atomic E-state index is -3.96. The number of aryl methyl sites for hydroxylation is 2. The first-order valence-electron chi connectivity index (χ1n) is 11.1. The third kappa shape index (κ3) is 6.98. The number of benzene rings is 3. The third-order valence-electron chi connectivity index (χ3n) is 5.17. The Morgan fingerprint density at radius 1 is 0.971 bits per heavy atom. The standard InChI is InChI=1S/C26H29ClN2O4S/c1-3-4-21-7-13-24(14-8-21)33-18-17-28-26(30)19-29(23-11-9-22(27)10-12-23)34(31,32)25-15-5-20(2)6-16-25/h5-16H,3-4,17-19H2,1-2H3,(H,28,30). The van der Waals surface area contributed by atoms with Gasteiger partial charge in [0, 0.05) is 5.02 Å². The smallest absolute Gasteiger partial charge is 0.264 e. The quantitative estimate of drug-likeness (QED) is 0.376. The molecular formula is C26H29ClN2O4S. The summed E-state index contributed by atoms with van der Waals surface area (Å²) in [5.74, 6) is 0.284. The number of carbonyl (C=O) groups is 1. The molecule has 34 heavy (non-hydrogen) atoms. The second-order valence-corrected chi connectivity index (χ2v) is 10.2. The van der Waals surface area contributed by atoms with Gasteiger partial charge in [-0.05, 0) is 67.4 Å². The van der Waals surface area contributed by atoms with Crippen molar-refractivity contribution < 1.29 is 17.9 Å². The highest BCUT2D eigenvalue weighted by Crippen LogP contribution is 2.25. The van der Waals surface area contributed by atoms with Gasteiger partial charge >= 0.3 is 0 Å². The normalized spacial score (nSPS) is 11.1. The summed E-state index contributed by atoms with van der Waals surface area (Å²) in [6, 6.07) is 20.7. The maximum atomic E-state index is 13.3. The molecule has 3 rings (SSSR count). The van der Waals surface area contributed by atoms with Crippen LogP contribution < -0.4 is 14.4 Å². The molecule has 6 nitrogen and oxygen atoms in total. The van der Waals surface area contributed by atoms with Gasteiger partial charge < -0.3 is 10.1 Å². The summed E-state index contributed by atoms with van der Waals surface area (Å²) in [6.07, 6.45) is 2.10. The second-order valence-electron chi connectivity index (χ2n) is 7.89. The summed E-state index contributed by atoms with van der Waals surface area (Å²) < 4.78 is 33.4. The number of hydrogen-bond acceptors (Lipinski definition) is 4. The lowest BCUT2D eigenvalue weighted by Gasteiger charge is -2.24. The number of rotatable bonds is 11. The summed E-state index contributed by atoms with van der Waals surface area (Å²) in [7, 11) is -3.96. The van der Waals surface area contributed by atoms with Crippen LogP contribution in [0.15, 0.2) is 77.7 Å². The van der Waals surface area contributed by atoms with E-state index in [-0.39, 0.29) is 24.6 Å². The van der Waals surface area contributed by atoms with Crippen LogP contribution in [0.2, 0.25) is 5.02 Å². The fourth-order valence-electron chi connectivity index (χ4n) is 3.35. The Hall–Kier alpha value is -3.03. The van der Waals surface area contributed by atoms with E-state index in [1.165, 1.54) is 17.7 Å². The van der Waals surface area contributed by atoms with Crippen LogP contribution in [0.1, 0.15) is 24.5 Å². The average molecular weight is 501 g/mol. The van der Waals surface area contributed by atoms with Crippen LogP contribution in [0.3, 0.4) is 0 Å². The molecule has 0 spiro atoms. The summed E-state index contributed by atoms with van der Waals surface area (Å²) in [5, 5.41) is 3.21. The average Bonchev–Trinajstić information content (AvgIpc) is 2.82. The first-order chi connectivity index (χ1) is 16.3. The van der Waals surface area contributed by atoms with Gasteiger partial charge in [-0.1, -0.05) is 54.8 Å². The largest absolute Gasteiger partial charge is 0.492 e. The van der Waals surface area contributed by atoms with Crippen LogP contribution in [-0.4, -0.2) is 34.0 Å². The molecule has 0 aliphatic carbocycles. The van der Waals surface area contributed by atoms with Gasteiger partial charge in [0.15, 0.2) is 0 Å². The molecule has 1 N–H and O–H groups in total. The molecule has 0 bridgehead atoms. The molecule has 1 amide bonds. The van der Waals surface area contributed by atoms with Crippen molar-refractivity contribution in [2.75, 3.05) is 24.0 Å². The predicted molar refractivity (Wildman–Crippen MR) is 136 cm³/mol. The summed E-state index contributed by atoms with van der Waals surface area (Å²) in [4.78, 5) is 12.8. The van der Waals surface area contributed by atoms with Crippen LogP contribution in [0.25, 0.3) is 0 Å². The Labute approximate surface area is 206 Å². The van der Waals surface area contributed by atoms with Gasteiger partial charge in [0.25, 0.3) is 10.0 Å². The highest BCUT2D eigenvalue weighted by atomic mass is 35.5. The highest BCUT2D eigenvalue weighted by molar-refractivity contribution is 7.92. The number of sulfonamides is 1. The fourth-order valence-corrected chi connectivity index (χ4v) is 4.89. The Balaban J connectivity index is 1.64. The van der Waals surface area contributed by atoms with E-state index in [9.17, 15) is 13.2 Å². The van der Waals surface area contributed by atoms with Crippen LogP contribution in [0.5, 0.6) is 5.75 Å². The van der Waals surface area contributed by atoms with Gasteiger partial charge in [0.05, 0.1) is 17.1 Å². The molecule has 0 saturated carbocycles. The van der Waals surface area contributed by atoms with Crippen molar-refractivity contribution in [3.8, 4) is 5.75 Å². The zero-order chi connectivity index (χ0) is 24.6. The van der Waals surface area contributed by atoms with Gasteiger partial charge in [0.1, 0.15) is 18.9 Å². The zero-order valence-electron chi connectivity index (χ0n) is 19.3. The SMILES string of the molecule is CCCc1ccc(OCCNC(=O)CN(c2ccc(Cl)cc2)S(=O)(=O)c2ccc(C)cc2)cc1. The molecule has 8 heteroatoms. The first kappa shape index (κ1) is 25.6. The van der Waals surface area contributed by atoms with Crippen molar-refractivity contribution in [1.82, 2.24) is 5.32 Å². The number of anilines is 1. The molecule has 0 aromatic heterocycles. The maximum absolute atomic E-state index is 13.3. The van der Waals surface area contributed by atoms with E-state index in [4.69, 9.17) is 16.3 Å². The van der Waals surface area contributed by atoms with Crippen LogP contribution in [0, 0.1) is 6.92 Å². The van der Waals surface area contributed by atoms with Crippen molar-refractivity contribution in [1.29, 1.82) is 0 Å². The van der Waals surface area contributed by atoms with Crippen LogP contribution in [0.4, 0.5) is 5.69 Å². The molecule has 3 aromatic carbocycles. The molecule has 0 radical (unpaired) electrons. The Kier molecular flexibility index (Phi) is 8.96. The molecule has 0 heterocycles. The number of nitrogens with zero attached hydrogens (tertiary/aromatic N) is 1. The Bertz CT molecular complexity index is 1180. The first-order valence-corrected chi connectivity index (χ1v) is 12.9. The monoisotopic (exact) mass is 500 g/mol. The predicted octanol–water partition coefficient (Wildman–Crippen LogP) is 4.99. The Morgan fingerprint density at radius 2 is 1.62 bits per heavy atom. The molecule has 0 saturated heterocycles. The number of amides is 1. The number of halogens is 1. The lowest BCUT2D eigenvalue weighted by molar-refractivity contribution is -0.119. The highest BCUT2D eigenvalue weighted by Gasteiger charge is 2.27. The molecular weight excluding hydrogens is 472 g/mol. The minimum Gasteiger partial charge on any atom is -0.492 e. The molecule has 0 fully saturated rings. The van der Waals surface area contributed by atoms with Crippen LogP contribution >= 0.6 is 11.6 Å². The number of nitrogens with one attached hydrogen (secondary N) is 1. The van der Waals surface area contributed by atoms with Gasteiger partial charge in [-0.25, -0.2) is 8.42 Å². The topological polar surface area (TPSA) is 75.7 Å². The van der Waals surface area contributed by atoms with Crippen molar-refractivity contribution in [3.05, 3.63) is 88.9 Å². The van der Waals surface area contributed by atoms with E-state index < -0.39 is 15.9 Å². The van der Waals surface area contributed by atoms with E-state index in [0.29, 0.717) is 10.7 Å². The van der Waals surface area contributed by atoms with Crippen molar-refractivity contribution in [3.63, 3.8) is 0 Å². The molecule has 180 valence electrons. The number of ether oxygens (including phenoxy) is 1. The minimum absolute atomic E-state index is 0.107. The van der Waals surface area contributed by atoms with Gasteiger partial charge in [0.2, 0.25) is 5.91 Å². The molecule has 0 unspecified atom stereocenters. The van der Waals surface area contributed by atoms with E-state index in [0.717, 1.165) is 28.5 Å². The number of hydrogen-bond donors (Lipinski definition) is 1. The molecule has 0 aliphatic heterocycles. The van der Waals surface area contributed by atoms with Crippen molar-refractivity contribution >= 4 is 33.2 Å². The van der Waals surface area contributed by atoms with Gasteiger partial charge in [-0.3, -0.25) is 9.10 Å². The Morgan fingerprint density at radius 3 is 2.24 bits per heavy atom. The van der Waals surface area contributed by atoms with E-state index in [1.54, 1.807) is 36.4 Å². The molecule has 3 aromatic rings. The van der Waals surface area contributed by atoms with Gasteiger partial charge in [-0.2, -0.15) is 0 Å². The third-order valence-corrected chi connectivity index (χ3v) is 7.21. The maximum Gasteiger partial charge on any atom is 0.264 e. The van der Waals surface area contributed by atoms with Crippen LogP contribution in [-0.2, 0) is 21.2 Å². The van der Waals surface area contributed by atoms with E-state index >= 15 is 0 Å². The van der Waals surface area contributed by atoms with Crippen molar-refractivity contribution in [2.24, 2.45) is 0 Å². The van der Waals surface area contributed by atoms with E-state index in [2.05, 4.69) is 12.2 Å². The second kappa shape index (κ2) is 11.9. The lowest BCUT2D eigenvalue weighted by Crippen LogP contribution is -2.41. The molecule has 0 aliphatic rings. The molecule has 0 atom stereocenters.